The first-order chi connectivity index (χ1) is 21.5. The van der Waals surface area contributed by atoms with Gasteiger partial charge in [0.15, 0.2) is 0 Å². The van der Waals surface area contributed by atoms with Crippen molar-refractivity contribution in [1.29, 1.82) is 0 Å². The molecule has 0 saturated heterocycles. The van der Waals surface area contributed by atoms with Gasteiger partial charge in [0, 0.05) is 33.2 Å². The maximum atomic E-state index is 13.8. The van der Waals surface area contributed by atoms with Gasteiger partial charge in [0.05, 0.1) is 33.4 Å². The first kappa shape index (κ1) is 32.3. The fraction of sp³-hybridized carbons (Fsp3) is 0.118. The van der Waals surface area contributed by atoms with E-state index < -0.39 is 15.9 Å². The number of carbonyl (C=O) groups is 1. The summed E-state index contributed by atoms with van der Waals surface area (Å²) in [6.45, 7) is 5.78. The van der Waals surface area contributed by atoms with E-state index in [0.717, 1.165) is 28.2 Å². The Kier molecular flexibility index (Phi) is 9.70. The molecule has 1 heterocycles. The zero-order valence-corrected chi connectivity index (χ0v) is 27.7. The topological polar surface area (TPSA) is 83.8 Å². The van der Waals surface area contributed by atoms with E-state index in [0.29, 0.717) is 31.9 Å². The van der Waals surface area contributed by atoms with Crippen LogP contribution in [0.2, 0.25) is 15.1 Å². The number of aromatic nitrogens is 1. The highest BCUT2D eigenvalue weighted by Gasteiger charge is 2.26. The number of hydrogen-bond acceptors (Lipinski definition) is 4. The zero-order chi connectivity index (χ0) is 32.3. The van der Waals surface area contributed by atoms with Crippen molar-refractivity contribution in [3.8, 4) is 5.69 Å². The van der Waals surface area contributed by atoms with E-state index in [1.807, 2.05) is 37.5 Å². The quantitative estimate of drug-likeness (QED) is 0.125. The summed E-state index contributed by atoms with van der Waals surface area (Å²) in [5.74, 6) is -0.407. The van der Waals surface area contributed by atoms with E-state index in [1.165, 1.54) is 4.31 Å². The lowest BCUT2D eigenvalue weighted by atomic mass is 10.1. The number of halogens is 3. The van der Waals surface area contributed by atoms with Crippen molar-refractivity contribution in [2.45, 2.75) is 32.2 Å². The Balaban J connectivity index is 1.33. The first-order valence-electron chi connectivity index (χ1n) is 13.9. The van der Waals surface area contributed by atoms with Gasteiger partial charge in [-0.1, -0.05) is 71.2 Å². The Morgan fingerprint density at radius 1 is 0.867 bits per heavy atom. The van der Waals surface area contributed by atoms with Crippen LogP contribution < -0.4 is 9.73 Å². The van der Waals surface area contributed by atoms with Gasteiger partial charge in [-0.05, 0) is 92.6 Å². The highest BCUT2D eigenvalue weighted by Crippen LogP contribution is 2.31. The monoisotopic (exact) mass is 678 g/mol. The van der Waals surface area contributed by atoms with Crippen molar-refractivity contribution in [2.75, 3.05) is 4.31 Å². The predicted octanol–water partition coefficient (Wildman–Crippen LogP) is 8.52. The molecular weight excluding hydrogens is 651 g/mol. The zero-order valence-electron chi connectivity index (χ0n) is 24.6. The third kappa shape index (κ3) is 7.10. The Hall–Kier alpha value is -4.08. The number of nitrogens with one attached hydrogen (secondary N) is 1. The molecule has 0 unspecified atom stereocenters. The van der Waals surface area contributed by atoms with Crippen LogP contribution in [0.25, 0.3) is 5.69 Å². The number of sulfonamides is 1. The number of hydrogen-bond donors (Lipinski definition) is 1. The van der Waals surface area contributed by atoms with Crippen molar-refractivity contribution in [3.05, 3.63) is 146 Å². The number of anilines is 1. The molecule has 0 aliphatic heterocycles. The lowest BCUT2D eigenvalue weighted by Gasteiger charge is -2.26. The summed E-state index contributed by atoms with van der Waals surface area (Å²) in [5.41, 5.74) is 8.42. The average Bonchev–Trinajstić information content (AvgIpc) is 3.31. The number of benzene rings is 4. The van der Waals surface area contributed by atoms with Crippen LogP contribution in [-0.2, 0) is 16.6 Å². The molecule has 0 aliphatic carbocycles. The Morgan fingerprint density at radius 2 is 1.58 bits per heavy atom. The summed E-state index contributed by atoms with van der Waals surface area (Å²) in [6.07, 6.45) is 1.59. The second-order valence-corrected chi connectivity index (χ2v) is 13.5. The van der Waals surface area contributed by atoms with Gasteiger partial charge < -0.3 is 4.57 Å². The van der Waals surface area contributed by atoms with Crippen molar-refractivity contribution in [3.63, 3.8) is 0 Å². The molecule has 1 aromatic heterocycles. The molecule has 0 saturated carbocycles. The Morgan fingerprint density at radius 3 is 2.27 bits per heavy atom. The van der Waals surface area contributed by atoms with E-state index in [-0.39, 0.29) is 11.4 Å². The first-order valence-corrected chi connectivity index (χ1v) is 16.4. The van der Waals surface area contributed by atoms with Crippen LogP contribution in [0, 0.1) is 20.8 Å². The highest BCUT2D eigenvalue weighted by atomic mass is 35.5. The second-order valence-electron chi connectivity index (χ2n) is 10.4. The molecule has 7 nitrogen and oxygen atoms in total. The van der Waals surface area contributed by atoms with Crippen LogP contribution in [-0.4, -0.2) is 25.1 Å². The molecule has 230 valence electrons. The summed E-state index contributed by atoms with van der Waals surface area (Å²) in [5, 5.41) is 5.53. The summed E-state index contributed by atoms with van der Waals surface area (Å²) < 4.78 is 30.9. The lowest BCUT2D eigenvalue weighted by Crippen LogP contribution is -2.31. The van der Waals surface area contributed by atoms with Crippen LogP contribution in [0.15, 0.2) is 107 Å². The number of aryl methyl sites for hydroxylation is 2. The summed E-state index contributed by atoms with van der Waals surface area (Å²) in [6, 6.07) is 27.5. The smallest absolute Gasteiger partial charge is 0.271 e. The highest BCUT2D eigenvalue weighted by molar-refractivity contribution is 7.92. The maximum Gasteiger partial charge on any atom is 0.271 e. The molecule has 0 bridgehead atoms. The maximum absolute atomic E-state index is 13.8. The fourth-order valence-electron chi connectivity index (χ4n) is 4.96. The minimum absolute atomic E-state index is 0.0346. The van der Waals surface area contributed by atoms with E-state index in [4.69, 9.17) is 34.8 Å². The molecule has 5 rings (SSSR count). The molecule has 11 heteroatoms. The molecule has 1 amide bonds. The fourth-order valence-corrected chi connectivity index (χ4v) is 6.95. The molecule has 0 spiro atoms. The third-order valence-corrected chi connectivity index (χ3v) is 10.1. The second kappa shape index (κ2) is 13.5. The molecule has 4 aromatic carbocycles. The number of amides is 1. The Labute approximate surface area is 277 Å². The average molecular weight is 680 g/mol. The van der Waals surface area contributed by atoms with Gasteiger partial charge in [-0.2, -0.15) is 5.10 Å². The standard InChI is InChI=1S/C34H29Cl3N4O3S/c1-22-9-14-28(35)18-33(22)40(45(43,44)30-7-5-4-6-8-30)21-25-10-12-26(13-11-25)34(42)39-38-20-27-17-23(2)41(24(27)3)29-15-16-31(36)32(37)19-29/h4-20H,21H2,1-3H3,(H,39,42)/b38-20-. The number of nitrogens with zero attached hydrogens (tertiary/aromatic N) is 3. The van der Waals surface area contributed by atoms with Gasteiger partial charge in [0.1, 0.15) is 0 Å². The predicted molar refractivity (Wildman–Crippen MR) is 183 cm³/mol. The minimum Gasteiger partial charge on any atom is -0.318 e. The van der Waals surface area contributed by atoms with Crippen LogP contribution >= 0.6 is 34.8 Å². The van der Waals surface area contributed by atoms with Gasteiger partial charge in [-0.15, -0.1) is 0 Å². The van der Waals surface area contributed by atoms with Crippen molar-refractivity contribution in [1.82, 2.24) is 9.99 Å². The van der Waals surface area contributed by atoms with Gasteiger partial charge in [0.25, 0.3) is 15.9 Å². The number of hydrazone groups is 1. The SMILES string of the molecule is Cc1ccc(Cl)cc1N(Cc1ccc(C(=O)N/N=C\c2cc(C)n(-c3ccc(Cl)c(Cl)c3)c2C)cc1)S(=O)(=O)c1ccccc1. The van der Waals surface area contributed by atoms with Crippen LogP contribution in [0.1, 0.15) is 38.4 Å². The van der Waals surface area contributed by atoms with Gasteiger partial charge in [-0.3, -0.25) is 9.10 Å². The van der Waals surface area contributed by atoms with Gasteiger partial charge in [0.2, 0.25) is 0 Å². The van der Waals surface area contributed by atoms with E-state index in [9.17, 15) is 13.2 Å². The van der Waals surface area contributed by atoms with Gasteiger partial charge >= 0.3 is 0 Å². The van der Waals surface area contributed by atoms with E-state index >= 15 is 0 Å². The molecule has 45 heavy (non-hydrogen) atoms. The van der Waals surface area contributed by atoms with E-state index in [1.54, 1.807) is 91.1 Å². The molecule has 0 fully saturated rings. The van der Waals surface area contributed by atoms with Crippen LogP contribution in [0.3, 0.4) is 0 Å². The molecular formula is C34H29Cl3N4O3S. The van der Waals surface area contributed by atoms with Crippen molar-refractivity contribution in [2.24, 2.45) is 5.10 Å². The molecule has 1 N–H and O–H groups in total. The summed E-state index contributed by atoms with van der Waals surface area (Å²) in [7, 11) is -3.92. The minimum atomic E-state index is -3.92. The number of rotatable bonds is 9. The summed E-state index contributed by atoms with van der Waals surface area (Å²) >= 11 is 18.6. The molecule has 0 radical (unpaired) electrons. The molecule has 5 aromatic rings. The van der Waals surface area contributed by atoms with Crippen LogP contribution in [0.4, 0.5) is 5.69 Å². The summed E-state index contributed by atoms with van der Waals surface area (Å²) in [4.78, 5) is 13.0. The third-order valence-electron chi connectivity index (χ3n) is 7.31. The Bertz CT molecular complexity index is 2010. The largest absolute Gasteiger partial charge is 0.318 e. The molecule has 0 atom stereocenters. The van der Waals surface area contributed by atoms with E-state index in [2.05, 4.69) is 10.5 Å². The normalized spacial score (nSPS) is 11.6. The van der Waals surface area contributed by atoms with Crippen molar-refractivity contribution >= 4 is 62.6 Å². The number of carbonyl (C=O) groups excluding carboxylic acids is 1. The van der Waals surface area contributed by atoms with Crippen molar-refractivity contribution < 1.29 is 13.2 Å². The van der Waals surface area contributed by atoms with Gasteiger partial charge in [-0.25, -0.2) is 13.8 Å². The van der Waals surface area contributed by atoms with Crippen LogP contribution in [0.5, 0.6) is 0 Å². The lowest BCUT2D eigenvalue weighted by molar-refractivity contribution is 0.0955. The molecule has 0 aliphatic rings.